The summed E-state index contributed by atoms with van der Waals surface area (Å²) in [5, 5.41) is 4.19. The Hall–Kier alpha value is -0.350. The van der Waals surface area contributed by atoms with Gasteiger partial charge < -0.3 is 5.73 Å². The summed E-state index contributed by atoms with van der Waals surface area (Å²) in [6, 6.07) is 0.0850. The standard InChI is InChI=1S/C8H14BrN3/c1-3-7(10)8-6(9)5-11-12(8)4-2/h5,7H,3-4,10H2,1-2H3. The number of aryl methyl sites for hydroxylation is 1. The lowest BCUT2D eigenvalue weighted by Crippen LogP contribution is -2.15. The van der Waals surface area contributed by atoms with Crippen LogP contribution in [0.15, 0.2) is 10.7 Å². The zero-order valence-electron chi connectivity index (χ0n) is 7.42. The van der Waals surface area contributed by atoms with Crippen LogP contribution in [0.25, 0.3) is 0 Å². The molecule has 0 saturated heterocycles. The van der Waals surface area contributed by atoms with Gasteiger partial charge in [0.2, 0.25) is 0 Å². The zero-order chi connectivity index (χ0) is 9.14. The van der Waals surface area contributed by atoms with Crippen LogP contribution in [-0.2, 0) is 6.54 Å². The highest BCUT2D eigenvalue weighted by Gasteiger charge is 2.13. The van der Waals surface area contributed by atoms with Gasteiger partial charge in [-0.25, -0.2) is 0 Å². The first kappa shape index (κ1) is 9.74. The molecule has 0 radical (unpaired) electrons. The summed E-state index contributed by atoms with van der Waals surface area (Å²) >= 11 is 3.44. The largest absolute Gasteiger partial charge is 0.323 e. The Morgan fingerprint density at radius 2 is 2.33 bits per heavy atom. The molecule has 68 valence electrons. The molecule has 0 aliphatic carbocycles. The third-order valence-corrected chi connectivity index (χ3v) is 2.53. The van der Waals surface area contributed by atoms with E-state index < -0.39 is 0 Å². The molecule has 12 heavy (non-hydrogen) atoms. The fraction of sp³-hybridized carbons (Fsp3) is 0.625. The van der Waals surface area contributed by atoms with Crippen LogP contribution >= 0.6 is 15.9 Å². The molecule has 0 bridgehead atoms. The van der Waals surface area contributed by atoms with E-state index in [9.17, 15) is 0 Å². The summed E-state index contributed by atoms with van der Waals surface area (Å²) in [7, 11) is 0. The van der Waals surface area contributed by atoms with Crippen molar-refractivity contribution in [3.05, 3.63) is 16.4 Å². The van der Waals surface area contributed by atoms with Gasteiger partial charge in [-0.15, -0.1) is 0 Å². The maximum Gasteiger partial charge on any atom is 0.0693 e. The lowest BCUT2D eigenvalue weighted by molar-refractivity contribution is 0.560. The number of nitrogens with zero attached hydrogens (tertiary/aromatic N) is 2. The fourth-order valence-electron chi connectivity index (χ4n) is 1.19. The van der Waals surface area contributed by atoms with Crippen molar-refractivity contribution in [3.8, 4) is 0 Å². The van der Waals surface area contributed by atoms with E-state index in [1.165, 1.54) is 0 Å². The smallest absolute Gasteiger partial charge is 0.0693 e. The predicted molar refractivity (Wildman–Crippen MR) is 52.8 cm³/mol. The second-order valence-electron chi connectivity index (χ2n) is 2.71. The molecule has 0 aromatic carbocycles. The quantitative estimate of drug-likeness (QED) is 0.866. The molecular formula is C8H14BrN3. The minimum atomic E-state index is 0.0850. The number of aromatic nitrogens is 2. The molecule has 0 aliphatic heterocycles. The first-order chi connectivity index (χ1) is 5.70. The number of rotatable bonds is 3. The Kier molecular flexibility index (Phi) is 3.29. The van der Waals surface area contributed by atoms with Gasteiger partial charge in [0.25, 0.3) is 0 Å². The van der Waals surface area contributed by atoms with Gasteiger partial charge >= 0.3 is 0 Å². The van der Waals surface area contributed by atoms with Crippen molar-refractivity contribution in [1.29, 1.82) is 0 Å². The third kappa shape index (κ3) is 1.69. The Bertz CT molecular complexity index is 257. The number of hydrogen-bond acceptors (Lipinski definition) is 2. The molecule has 1 atom stereocenters. The molecule has 1 heterocycles. The number of hydrogen-bond donors (Lipinski definition) is 1. The minimum Gasteiger partial charge on any atom is -0.323 e. The van der Waals surface area contributed by atoms with Crippen LogP contribution in [0.2, 0.25) is 0 Å². The SMILES string of the molecule is CCC(N)c1c(Br)cnn1CC. The van der Waals surface area contributed by atoms with Gasteiger partial charge in [-0.3, -0.25) is 4.68 Å². The second-order valence-corrected chi connectivity index (χ2v) is 3.56. The molecule has 1 aromatic rings. The van der Waals surface area contributed by atoms with Gasteiger partial charge in [0.15, 0.2) is 0 Å². The van der Waals surface area contributed by atoms with Crippen molar-refractivity contribution in [2.45, 2.75) is 32.9 Å². The summed E-state index contributed by atoms with van der Waals surface area (Å²) in [6.07, 6.45) is 2.73. The van der Waals surface area contributed by atoms with Crippen LogP contribution in [0.5, 0.6) is 0 Å². The molecule has 0 fully saturated rings. The first-order valence-electron chi connectivity index (χ1n) is 4.17. The summed E-state index contributed by atoms with van der Waals surface area (Å²) in [4.78, 5) is 0. The van der Waals surface area contributed by atoms with E-state index in [2.05, 4.69) is 34.9 Å². The van der Waals surface area contributed by atoms with Crippen molar-refractivity contribution in [1.82, 2.24) is 9.78 Å². The zero-order valence-corrected chi connectivity index (χ0v) is 9.00. The lowest BCUT2D eigenvalue weighted by Gasteiger charge is -2.11. The third-order valence-electron chi connectivity index (χ3n) is 1.92. The normalized spacial score (nSPS) is 13.3. The van der Waals surface area contributed by atoms with E-state index in [4.69, 9.17) is 5.73 Å². The Labute approximate surface area is 81.1 Å². The van der Waals surface area contributed by atoms with Crippen molar-refractivity contribution < 1.29 is 0 Å². The van der Waals surface area contributed by atoms with E-state index in [1.54, 1.807) is 6.20 Å². The summed E-state index contributed by atoms with van der Waals surface area (Å²) in [5.41, 5.74) is 7.02. The minimum absolute atomic E-state index is 0.0850. The average Bonchev–Trinajstić information content (AvgIpc) is 2.45. The molecule has 0 amide bonds. The van der Waals surface area contributed by atoms with Crippen LogP contribution in [0.3, 0.4) is 0 Å². The van der Waals surface area contributed by atoms with Crippen LogP contribution in [0.4, 0.5) is 0 Å². The van der Waals surface area contributed by atoms with Crippen molar-refractivity contribution in [2.24, 2.45) is 5.73 Å². The topological polar surface area (TPSA) is 43.8 Å². The van der Waals surface area contributed by atoms with Crippen molar-refractivity contribution in [3.63, 3.8) is 0 Å². The molecule has 2 N–H and O–H groups in total. The molecule has 1 rings (SSSR count). The van der Waals surface area contributed by atoms with Gasteiger partial charge in [0.1, 0.15) is 0 Å². The molecule has 1 unspecified atom stereocenters. The van der Waals surface area contributed by atoms with E-state index in [1.807, 2.05) is 4.68 Å². The van der Waals surface area contributed by atoms with Gasteiger partial charge in [0.05, 0.1) is 16.4 Å². The molecule has 0 spiro atoms. The highest BCUT2D eigenvalue weighted by molar-refractivity contribution is 9.10. The molecular weight excluding hydrogens is 218 g/mol. The van der Waals surface area contributed by atoms with Crippen molar-refractivity contribution >= 4 is 15.9 Å². The van der Waals surface area contributed by atoms with Crippen LogP contribution in [0, 0.1) is 0 Å². The Morgan fingerprint density at radius 3 is 2.83 bits per heavy atom. The van der Waals surface area contributed by atoms with E-state index in [0.717, 1.165) is 23.1 Å². The van der Waals surface area contributed by atoms with Crippen LogP contribution in [0.1, 0.15) is 32.0 Å². The lowest BCUT2D eigenvalue weighted by atomic mass is 10.2. The van der Waals surface area contributed by atoms with Crippen LogP contribution < -0.4 is 5.73 Å². The highest BCUT2D eigenvalue weighted by atomic mass is 79.9. The molecule has 4 heteroatoms. The number of halogens is 1. The van der Waals surface area contributed by atoms with Gasteiger partial charge in [-0.1, -0.05) is 6.92 Å². The van der Waals surface area contributed by atoms with Gasteiger partial charge in [-0.2, -0.15) is 5.10 Å². The molecule has 0 aliphatic rings. The predicted octanol–water partition coefficient (Wildman–Crippen LogP) is 2.08. The van der Waals surface area contributed by atoms with E-state index >= 15 is 0 Å². The Balaban J connectivity index is 3.01. The van der Waals surface area contributed by atoms with Gasteiger partial charge in [-0.05, 0) is 29.3 Å². The molecule has 3 nitrogen and oxygen atoms in total. The summed E-state index contributed by atoms with van der Waals surface area (Å²) in [6.45, 7) is 5.00. The first-order valence-corrected chi connectivity index (χ1v) is 4.96. The fourth-order valence-corrected chi connectivity index (χ4v) is 1.78. The van der Waals surface area contributed by atoms with E-state index in [0.29, 0.717) is 0 Å². The average molecular weight is 232 g/mol. The molecule has 1 aromatic heterocycles. The van der Waals surface area contributed by atoms with E-state index in [-0.39, 0.29) is 6.04 Å². The summed E-state index contributed by atoms with van der Waals surface area (Å²) < 4.78 is 2.94. The Morgan fingerprint density at radius 1 is 1.67 bits per heavy atom. The maximum atomic E-state index is 5.93. The molecule has 0 saturated carbocycles. The highest BCUT2D eigenvalue weighted by Crippen LogP contribution is 2.23. The van der Waals surface area contributed by atoms with Crippen LogP contribution in [-0.4, -0.2) is 9.78 Å². The number of nitrogens with two attached hydrogens (primary N) is 1. The van der Waals surface area contributed by atoms with Gasteiger partial charge in [0, 0.05) is 12.6 Å². The summed E-state index contributed by atoms with van der Waals surface area (Å²) in [5.74, 6) is 0. The maximum absolute atomic E-state index is 5.93. The second kappa shape index (κ2) is 4.05. The van der Waals surface area contributed by atoms with Crippen molar-refractivity contribution in [2.75, 3.05) is 0 Å². The monoisotopic (exact) mass is 231 g/mol.